The molecule has 0 radical (unpaired) electrons. The van der Waals surface area contributed by atoms with Gasteiger partial charge in [0.1, 0.15) is 12.2 Å². The van der Waals surface area contributed by atoms with Crippen LogP contribution in [0.3, 0.4) is 0 Å². The van der Waals surface area contributed by atoms with Crippen molar-refractivity contribution in [3.63, 3.8) is 0 Å². The Hall–Kier alpha value is -1.63. The normalized spacial score (nSPS) is 57.1. The van der Waals surface area contributed by atoms with Crippen molar-refractivity contribution in [1.82, 2.24) is 0 Å². The Morgan fingerprint density at radius 3 is 2.52 bits per heavy atom. The van der Waals surface area contributed by atoms with E-state index in [1.54, 1.807) is 6.92 Å². The van der Waals surface area contributed by atoms with Gasteiger partial charge in [-0.15, -0.1) is 0 Å². The van der Waals surface area contributed by atoms with Gasteiger partial charge in [0, 0.05) is 5.92 Å². The van der Waals surface area contributed by atoms with Crippen molar-refractivity contribution < 1.29 is 33.3 Å². The van der Waals surface area contributed by atoms with Crippen LogP contribution in [-0.4, -0.2) is 42.0 Å². The van der Waals surface area contributed by atoms with Crippen LogP contribution in [0.5, 0.6) is 0 Å². The summed E-state index contributed by atoms with van der Waals surface area (Å²) in [5.41, 5.74) is -2.65. The van der Waals surface area contributed by atoms with Gasteiger partial charge in [-0.3, -0.25) is 9.59 Å². The summed E-state index contributed by atoms with van der Waals surface area (Å²) in [5, 5.41) is 0. The number of rotatable bonds is 0. The Morgan fingerprint density at radius 2 is 1.81 bits per heavy atom. The summed E-state index contributed by atoms with van der Waals surface area (Å²) in [4.78, 5) is 37.9. The molecule has 0 aromatic carbocycles. The lowest BCUT2D eigenvalue weighted by molar-refractivity contribution is -0.206. The lowest BCUT2D eigenvalue weighted by Gasteiger charge is -2.44. The quantitative estimate of drug-likeness (QED) is 0.468. The molecule has 27 heavy (non-hydrogen) atoms. The van der Waals surface area contributed by atoms with E-state index in [0.29, 0.717) is 12.8 Å². The van der Waals surface area contributed by atoms with Gasteiger partial charge in [0.05, 0.1) is 23.2 Å². The molecule has 2 aliphatic carbocycles. The second-order valence-corrected chi connectivity index (χ2v) is 10.4. The summed E-state index contributed by atoms with van der Waals surface area (Å²) in [6, 6.07) is 0. The predicted molar refractivity (Wildman–Crippen MR) is 87.8 cm³/mol. The Kier molecular flexibility index (Phi) is 2.53. The fraction of sp³-hybridized carbons (Fsp3) is 0.850. The maximum atomic E-state index is 13.2. The van der Waals surface area contributed by atoms with Gasteiger partial charge in [-0.1, -0.05) is 27.7 Å². The average Bonchev–Trinajstić information content (AvgIpc) is 3.26. The second-order valence-electron chi connectivity index (χ2n) is 10.4. The fourth-order valence-corrected chi connectivity index (χ4v) is 8.07. The summed E-state index contributed by atoms with van der Waals surface area (Å²) in [6.07, 6.45) is -0.0219. The van der Waals surface area contributed by atoms with Crippen molar-refractivity contribution in [2.45, 2.75) is 71.1 Å². The van der Waals surface area contributed by atoms with Crippen LogP contribution in [0.2, 0.25) is 0 Å². The number of carbonyl (C=O) groups is 3. The molecule has 6 aliphatic rings. The standard InChI is InChI=1S/C20H24O7/c1-8-13-9(24-14(8)22)6-19-11-5-10(17(2,3)4)18(19)7-12(21)26-16(18)27-20(13,19)15(23)25-11/h8-11,13,16H,5-7H2,1-4H3/t8-,9?,10-,11?,13?,16-,18?,19?,20?/m0/s1. The van der Waals surface area contributed by atoms with Gasteiger partial charge in [-0.25, -0.2) is 4.79 Å². The summed E-state index contributed by atoms with van der Waals surface area (Å²) < 4.78 is 23.7. The maximum absolute atomic E-state index is 13.2. The lowest BCUT2D eigenvalue weighted by Crippen LogP contribution is -2.55. The van der Waals surface area contributed by atoms with E-state index in [0.717, 1.165) is 0 Å². The zero-order valence-corrected chi connectivity index (χ0v) is 15.9. The number of fused-ring (bicyclic) bond motifs is 1. The van der Waals surface area contributed by atoms with E-state index >= 15 is 0 Å². The molecule has 7 heteroatoms. The third-order valence-electron chi connectivity index (χ3n) is 8.67. The SMILES string of the molecule is C[C@@H]1C(=O)OC2CC34C5C[C@@H](C(C)(C)C)C36CC(=O)O[C@H]6OC4(C(=O)O5)C21. The van der Waals surface area contributed by atoms with Crippen molar-refractivity contribution in [1.29, 1.82) is 0 Å². The third kappa shape index (κ3) is 1.34. The van der Waals surface area contributed by atoms with Crippen LogP contribution in [0.15, 0.2) is 0 Å². The zero-order valence-electron chi connectivity index (χ0n) is 15.9. The van der Waals surface area contributed by atoms with Gasteiger partial charge in [-0.05, 0) is 24.2 Å². The van der Waals surface area contributed by atoms with Crippen molar-refractivity contribution in [2.24, 2.45) is 34.0 Å². The molecule has 4 aliphatic heterocycles. The molecular weight excluding hydrogens is 352 g/mol. The van der Waals surface area contributed by atoms with Gasteiger partial charge in [0.2, 0.25) is 6.29 Å². The Morgan fingerprint density at radius 1 is 1.07 bits per heavy atom. The Labute approximate surface area is 157 Å². The lowest BCUT2D eigenvalue weighted by atomic mass is 9.53. The van der Waals surface area contributed by atoms with Crippen molar-refractivity contribution in [3.8, 4) is 0 Å². The van der Waals surface area contributed by atoms with Crippen LogP contribution in [-0.2, 0) is 33.3 Å². The van der Waals surface area contributed by atoms with E-state index in [1.165, 1.54) is 0 Å². The first kappa shape index (κ1) is 16.3. The minimum Gasteiger partial charge on any atom is -0.462 e. The molecule has 9 atom stereocenters. The first-order chi connectivity index (χ1) is 12.6. The summed E-state index contributed by atoms with van der Waals surface area (Å²) in [5.74, 6) is -1.70. The average molecular weight is 376 g/mol. The van der Waals surface area contributed by atoms with Crippen LogP contribution >= 0.6 is 0 Å². The smallest absolute Gasteiger partial charge is 0.340 e. The second kappa shape index (κ2) is 4.19. The molecule has 4 saturated heterocycles. The molecule has 0 aromatic heterocycles. The topological polar surface area (TPSA) is 88.1 Å². The minimum absolute atomic E-state index is 0.103. The van der Waals surface area contributed by atoms with E-state index < -0.39 is 34.6 Å². The zero-order chi connectivity index (χ0) is 19.1. The highest BCUT2D eigenvalue weighted by Crippen LogP contribution is 2.84. The first-order valence-electron chi connectivity index (χ1n) is 9.88. The van der Waals surface area contributed by atoms with Gasteiger partial charge in [-0.2, -0.15) is 0 Å². The number of hydrogen-bond donors (Lipinski definition) is 0. The molecule has 0 amide bonds. The summed E-state index contributed by atoms with van der Waals surface area (Å²) in [6.45, 7) is 8.27. The molecule has 6 unspecified atom stereocenters. The molecule has 0 aromatic rings. The van der Waals surface area contributed by atoms with Gasteiger partial charge in [0.15, 0.2) is 5.60 Å². The van der Waals surface area contributed by atoms with Crippen LogP contribution in [0.1, 0.15) is 47.0 Å². The van der Waals surface area contributed by atoms with Crippen molar-refractivity contribution in [3.05, 3.63) is 0 Å². The summed E-state index contributed by atoms with van der Waals surface area (Å²) in [7, 11) is 0. The van der Waals surface area contributed by atoms with E-state index in [2.05, 4.69) is 20.8 Å². The van der Waals surface area contributed by atoms with E-state index in [1.807, 2.05) is 0 Å². The number of hydrogen-bond acceptors (Lipinski definition) is 7. The maximum Gasteiger partial charge on any atom is 0.340 e. The van der Waals surface area contributed by atoms with Gasteiger partial charge >= 0.3 is 17.9 Å². The van der Waals surface area contributed by atoms with Crippen molar-refractivity contribution in [2.75, 3.05) is 0 Å². The molecule has 2 spiro atoms. The number of ether oxygens (including phenoxy) is 4. The molecular formula is C20H24O7. The largest absolute Gasteiger partial charge is 0.462 e. The van der Waals surface area contributed by atoms with E-state index in [4.69, 9.17) is 18.9 Å². The van der Waals surface area contributed by atoms with Crippen LogP contribution < -0.4 is 0 Å². The molecule has 6 rings (SSSR count). The summed E-state index contributed by atoms with van der Waals surface area (Å²) >= 11 is 0. The number of carbonyl (C=O) groups excluding carboxylic acids is 3. The predicted octanol–water partition coefficient (Wildman–Crippen LogP) is 1.57. The molecule has 4 heterocycles. The Bertz CT molecular complexity index is 814. The highest BCUT2D eigenvalue weighted by molar-refractivity contribution is 5.90. The minimum atomic E-state index is -1.25. The molecule has 6 fully saturated rings. The number of esters is 3. The van der Waals surface area contributed by atoms with Crippen molar-refractivity contribution >= 4 is 17.9 Å². The van der Waals surface area contributed by atoms with Crippen LogP contribution in [0, 0.1) is 34.0 Å². The van der Waals surface area contributed by atoms with Gasteiger partial charge < -0.3 is 18.9 Å². The molecule has 0 N–H and O–H groups in total. The third-order valence-corrected chi connectivity index (χ3v) is 8.67. The fourth-order valence-electron chi connectivity index (χ4n) is 8.07. The van der Waals surface area contributed by atoms with Gasteiger partial charge in [0.25, 0.3) is 0 Å². The van der Waals surface area contributed by atoms with E-state index in [-0.39, 0.29) is 47.8 Å². The molecule has 0 bridgehead atoms. The Balaban J connectivity index is 1.63. The van der Waals surface area contributed by atoms with Crippen LogP contribution in [0.25, 0.3) is 0 Å². The van der Waals surface area contributed by atoms with E-state index in [9.17, 15) is 14.4 Å². The monoisotopic (exact) mass is 376 g/mol. The highest BCUT2D eigenvalue weighted by atomic mass is 16.7. The highest BCUT2D eigenvalue weighted by Gasteiger charge is 2.95. The molecule has 7 nitrogen and oxygen atoms in total. The first-order valence-corrected chi connectivity index (χ1v) is 9.88. The molecule has 146 valence electrons. The van der Waals surface area contributed by atoms with Crippen LogP contribution in [0.4, 0.5) is 0 Å². The molecule has 2 saturated carbocycles.